The van der Waals surface area contributed by atoms with E-state index in [1.54, 1.807) is 6.07 Å². The standard InChI is InChI=1S/C21H21NO4/c1-10-3-4-11(2)16(7-10)26-17(23)9-22-20(24)18-12-5-6-13(15-8-14(12)15)19(18)21(22)25/h3-7,12-15,18-19H,8-9H2,1-2H3/t12-,13-,14-,15-,18-,19+/m1/s1. The predicted molar refractivity (Wildman–Crippen MR) is 93.0 cm³/mol. The number of amides is 2. The van der Waals surface area contributed by atoms with Crippen LogP contribution in [0.25, 0.3) is 0 Å². The van der Waals surface area contributed by atoms with Gasteiger partial charge in [0.15, 0.2) is 0 Å². The lowest BCUT2D eigenvalue weighted by molar-refractivity contribution is -0.148. The molecule has 1 aliphatic heterocycles. The first-order valence-electron chi connectivity index (χ1n) is 9.27. The van der Waals surface area contributed by atoms with Crippen LogP contribution >= 0.6 is 0 Å². The summed E-state index contributed by atoms with van der Waals surface area (Å²) in [6.45, 7) is 3.48. The maximum Gasteiger partial charge on any atom is 0.331 e. The van der Waals surface area contributed by atoms with Crippen LogP contribution in [0.15, 0.2) is 30.4 Å². The van der Waals surface area contributed by atoms with Crippen LogP contribution < -0.4 is 4.74 Å². The monoisotopic (exact) mass is 351 g/mol. The molecule has 6 atom stereocenters. The summed E-state index contributed by atoms with van der Waals surface area (Å²) in [6, 6.07) is 5.62. The Bertz CT molecular complexity index is 837. The van der Waals surface area contributed by atoms with Crippen molar-refractivity contribution in [3.8, 4) is 5.75 Å². The van der Waals surface area contributed by atoms with Gasteiger partial charge in [-0.05, 0) is 61.1 Å². The van der Waals surface area contributed by atoms with Gasteiger partial charge in [-0.2, -0.15) is 0 Å². The number of ether oxygens (including phenoxy) is 1. The van der Waals surface area contributed by atoms with Crippen LogP contribution in [0.3, 0.4) is 0 Å². The molecule has 2 saturated carbocycles. The zero-order valence-electron chi connectivity index (χ0n) is 14.8. The average Bonchev–Trinajstić information content (AvgIpc) is 3.39. The van der Waals surface area contributed by atoms with Gasteiger partial charge in [0, 0.05) is 0 Å². The van der Waals surface area contributed by atoms with E-state index in [4.69, 9.17) is 4.74 Å². The molecule has 134 valence electrons. The van der Waals surface area contributed by atoms with E-state index in [1.165, 1.54) is 0 Å². The Labute approximate surface area is 152 Å². The zero-order chi connectivity index (χ0) is 18.2. The summed E-state index contributed by atoms with van der Waals surface area (Å²) in [6.07, 6.45) is 5.39. The number of aryl methyl sites for hydroxylation is 2. The number of rotatable bonds is 3. The van der Waals surface area contributed by atoms with Crippen molar-refractivity contribution in [3.63, 3.8) is 0 Å². The van der Waals surface area contributed by atoms with Crippen molar-refractivity contribution >= 4 is 17.8 Å². The molecular weight excluding hydrogens is 330 g/mol. The van der Waals surface area contributed by atoms with Gasteiger partial charge >= 0.3 is 5.97 Å². The number of hydrogen-bond donors (Lipinski definition) is 0. The smallest absolute Gasteiger partial charge is 0.331 e. The number of allylic oxidation sites excluding steroid dienone is 2. The Kier molecular flexibility index (Phi) is 3.21. The fourth-order valence-electron chi connectivity index (χ4n) is 5.28. The van der Waals surface area contributed by atoms with Crippen molar-refractivity contribution in [2.45, 2.75) is 20.3 Å². The van der Waals surface area contributed by atoms with Gasteiger partial charge in [0.2, 0.25) is 11.8 Å². The highest BCUT2D eigenvalue weighted by molar-refractivity contribution is 6.08. The molecule has 0 N–H and O–H groups in total. The minimum absolute atomic E-state index is 0.173. The fourth-order valence-corrected chi connectivity index (χ4v) is 5.28. The minimum atomic E-state index is -0.565. The Morgan fingerprint density at radius 3 is 2.31 bits per heavy atom. The Morgan fingerprint density at radius 1 is 1.08 bits per heavy atom. The molecule has 2 bridgehead atoms. The van der Waals surface area contributed by atoms with Crippen LogP contribution in [0.5, 0.6) is 5.75 Å². The second-order valence-corrected chi connectivity index (χ2v) is 8.16. The molecule has 3 fully saturated rings. The van der Waals surface area contributed by atoms with Crippen molar-refractivity contribution in [1.82, 2.24) is 4.90 Å². The van der Waals surface area contributed by atoms with E-state index in [-0.39, 0.29) is 42.0 Å². The van der Waals surface area contributed by atoms with E-state index in [0.29, 0.717) is 17.6 Å². The minimum Gasteiger partial charge on any atom is -0.425 e. The molecule has 1 aromatic rings. The SMILES string of the molecule is Cc1ccc(C)c(OC(=O)CN2C(=O)[C@@H]3[C@@H]4C=C[C@H]([C@H]5C[C@H]45)[C@@H]3C2=O)c1. The number of likely N-dealkylation sites (tertiary alicyclic amines) is 1. The number of benzene rings is 1. The summed E-state index contributed by atoms with van der Waals surface area (Å²) >= 11 is 0. The fraction of sp³-hybridized carbons (Fsp3) is 0.476. The van der Waals surface area contributed by atoms with Crippen molar-refractivity contribution < 1.29 is 19.1 Å². The van der Waals surface area contributed by atoms with Crippen LogP contribution in [0, 0.1) is 49.4 Å². The third-order valence-electron chi connectivity index (χ3n) is 6.61. The van der Waals surface area contributed by atoms with Crippen LogP contribution in [-0.4, -0.2) is 29.2 Å². The molecule has 5 aliphatic rings. The molecular formula is C21H21NO4. The quantitative estimate of drug-likeness (QED) is 0.363. The largest absolute Gasteiger partial charge is 0.425 e. The second kappa shape index (κ2) is 5.29. The van der Waals surface area contributed by atoms with Crippen LogP contribution in [0.2, 0.25) is 0 Å². The van der Waals surface area contributed by atoms with Crippen LogP contribution in [0.4, 0.5) is 0 Å². The summed E-state index contributed by atoms with van der Waals surface area (Å²) in [5.74, 6) is 0.460. The van der Waals surface area contributed by atoms with E-state index in [0.717, 1.165) is 22.4 Å². The van der Waals surface area contributed by atoms with Gasteiger partial charge in [0.25, 0.3) is 0 Å². The van der Waals surface area contributed by atoms with Gasteiger partial charge < -0.3 is 4.74 Å². The van der Waals surface area contributed by atoms with Crippen molar-refractivity contribution in [2.24, 2.45) is 35.5 Å². The number of nitrogens with zero attached hydrogens (tertiary/aromatic N) is 1. The molecule has 1 aromatic carbocycles. The highest BCUT2D eigenvalue weighted by Crippen LogP contribution is 2.65. The number of carbonyl (C=O) groups is 3. The molecule has 1 heterocycles. The van der Waals surface area contributed by atoms with Crippen molar-refractivity contribution in [2.75, 3.05) is 6.54 Å². The van der Waals surface area contributed by atoms with Gasteiger partial charge in [-0.3, -0.25) is 14.5 Å². The topological polar surface area (TPSA) is 63.7 Å². The maximum atomic E-state index is 12.9. The Morgan fingerprint density at radius 2 is 1.69 bits per heavy atom. The summed E-state index contributed by atoms with van der Waals surface area (Å²) < 4.78 is 5.44. The number of imide groups is 1. The lowest BCUT2D eigenvalue weighted by atomic mass is 9.63. The summed E-state index contributed by atoms with van der Waals surface area (Å²) in [5, 5.41) is 0. The first-order valence-corrected chi connectivity index (χ1v) is 9.27. The highest BCUT2D eigenvalue weighted by atomic mass is 16.5. The van der Waals surface area contributed by atoms with Crippen LogP contribution in [0.1, 0.15) is 17.5 Å². The van der Waals surface area contributed by atoms with Gasteiger partial charge in [-0.25, -0.2) is 4.79 Å². The van der Waals surface area contributed by atoms with E-state index in [9.17, 15) is 14.4 Å². The third kappa shape index (κ3) is 2.12. The summed E-state index contributed by atoms with van der Waals surface area (Å²) in [4.78, 5) is 39.3. The van der Waals surface area contributed by atoms with E-state index >= 15 is 0 Å². The van der Waals surface area contributed by atoms with Crippen molar-refractivity contribution in [1.29, 1.82) is 0 Å². The molecule has 0 aromatic heterocycles. The molecule has 6 rings (SSSR count). The third-order valence-corrected chi connectivity index (χ3v) is 6.61. The van der Waals surface area contributed by atoms with E-state index < -0.39 is 5.97 Å². The molecule has 5 heteroatoms. The first-order chi connectivity index (χ1) is 12.5. The Hall–Kier alpha value is -2.43. The number of hydrogen-bond acceptors (Lipinski definition) is 4. The average molecular weight is 351 g/mol. The normalized spacial score (nSPS) is 36.2. The lowest BCUT2D eigenvalue weighted by Crippen LogP contribution is -2.40. The summed E-state index contributed by atoms with van der Waals surface area (Å²) in [7, 11) is 0. The lowest BCUT2D eigenvalue weighted by Gasteiger charge is -2.37. The zero-order valence-corrected chi connectivity index (χ0v) is 14.8. The molecule has 2 amide bonds. The molecule has 1 saturated heterocycles. The maximum absolute atomic E-state index is 12.9. The number of carbonyl (C=O) groups excluding carboxylic acids is 3. The second-order valence-electron chi connectivity index (χ2n) is 8.16. The van der Waals surface area contributed by atoms with E-state index in [1.807, 2.05) is 26.0 Å². The van der Waals surface area contributed by atoms with Gasteiger partial charge in [-0.1, -0.05) is 24.3 Å². The molecule has 4 aliphatic carbocycles. The number of esters is 1. The van der Waals surface area contributed by atoms with Crippen LogP contribution in [-0.2, 0) is 14.4 Å². The molecule has 26 heavy (non-hydrogen) atoms. The Balaban J connectivity index is 1.34. The molecule has 5 nitrogen and oxygen atoms in total. The molecule has 0 spiro atoms. The molecule has 0 radical (unpaired) electrons. The van der Waals surface area contributed by atoms with Gasteiger partial charge in [-0.15, -0.1) is 0 Å². The van der Waals surface area contributed by atoms with Crippen molar-refractivity contribution in [3.05, 3.63) is 41.5 Å². The first kappa shape index (κ1) is 15.8. The van der Waals surface area contributed by atoms with E-state index in [2.05, 4.69) is 12.2 Å². The predicted octanol–water partition coefficient (Wildman–Crippen LogP) is 2.26. The van der Waals surface area contributed by atoms with Gasteiger partial charge in [0.05, 0.1) is 11.8 Å². The van der Waals surface area contributed by atoms with Gasteiger partial charge in [0.1, 0.15) is 12.3 Å². The highest BCUT2D eigenvalue weighted by Gasteiger charge is 2.67. The summed E-state index contributed by atoms with van der Waals surface area (Å²) in [5.41, 5.74) is 1.83. The molecule has 0 unspecified atom stereocenters.